The highest BCUT2D eigenvalue weighted by Gasteiger charge is 2.56. The Balaban J connectivity index is 0.000000131. The van der Waals surface area contributed by atoms with Gasteiger partial charge in [0.2, 0.25) is 17.3 Å². The van der Waals surface area contributed by atoms with Gasteiger partial charge in [0.1, 0.15) is 81.8 Å². The minimum atomic E-state index is -2.24. The highest BCUT2D eigenvalue weighted by atomic mass is 16.7. The molecule has 7 aromatic carbocycles. The zero-order chi connectivity index (χ0) is 102. The van der Waals surface area contributed by atoms with E-state index in [4.69, 9.17) is 69.6 Å². The molecule has 0 unspecified atom stereocenters. The van der Waals surface area contributed by atoms with Crippen molar-refractivity contribution >= 4 is 68.9 Å². The molecule has 0 spiro atoms. The Morgan fingerprint density at radius 3 is 1.17 bits per heavy atom. The smallest absolute Gasteiger partial charge is 0.343 e. The van der Waals surface area contributed by atoms with E-state index in [1.807, 2.05) is 30.3 Å². The molecule has 20 rings (SSSR count). The number of rotatable bonds is 14. The fourth-order valence-electron chi connectivity index (χ4n) is 21.0. The van der Waals surface area contributed by atoms with Gasteiger partial charge in [0.05, 0.1) is 155 Å². The van der Waals surface area contributed by atoms with Gasteiger partial charge in [0.25, 0.3) is 5.56 Å². The topological polar surface area (TPSA) is 659 Å². The Morgan fingerprint density at radius 1 is 0.468 bits per heavy atom. The molecule has 2 aromatic heterocycles. The standard InChI is InChI=1S/C27H29NO11.2C27H29NO10.C20H16N2O4/c1-10-22(31)13(28)6-17(38-10)39-15-8-27(36,16(30)9-29)7-12-19(15)26(35)21-20(24(12)33)23(32)11-4-3-5-14(37-2)18(11)25(21)34;2*1-10-22(30)14(28)7-17(37-10)38-16-9-27(35,11(2)29)8-13-19(16)26(34)21-20(24(13)32)23(31)12-5-4-6-15(36-3)18(12)25(21)33;1-2-20(25)14-8-16-17-12(7-11-5-3-4-6-15(11)21-17)9-22(16)18(23)13(14)10-26-19(20)24/h3-5,10,13,15,17,22,29,31,33,35-36H,6-9,28H2,1-2H3;2*4-6,10,14,16-17,22,30,32,34-35H,7-9,28H2,1-3H3;3-8,25H,2,9-10H2,1H3/t10-,13-,15-,17-,22+,27-;2*10-,14-,16-,17-,22+,27-;20-/m0000/s1. The number of benzene rings is 7. The first-order chi connectivity index (χ1) is 66.7. The van der Waals surface area contributed by atoms with Crippen molar-refractivity contribution < 1.29 is 167 Å². The first kappa shape index (κ1) is 99.5. The average Bonchev–Trinajstić information content (AvgIpc) is 1.57. The van der Waals surface area contributed by atoms with E-state index in [0.29, 0.717) is 23.4 Å². The van der Waals surface area contributed by atoms with E-state index in [2.05, 4.69) is 0 Å². The number of aliphatic hydroxyl groups is 8. The Morgan fingerprint density at radius 2 is 0.823 bits per heavy atom. The number of aromatic hydroxyl groups is 6. The second kappa shape index (κ2) is 37.1. The van der Waals surface area contributed by atoms with Crippen molar-refractivity contribution in [1.82, 2.24) is 9.55 Å². The maximum absolute atomic E-state index is 13.6. The highest BCUT2D eigenvalue weighted by molar-refractivity contribution is 6.34. The number of phenolic OH excluding ortho intramolecular Hbond substituents is 6. The first-order valence-corrected chi connectivity index (χ1v) is 45.5. The Bertz CT molecular complexity index is 6670. The molecule has 3 fully saturated rings. The second-order valence-electron chi connectivity index (χ2n) is 37.2. The maximum atomic E-state index is 13.6. The number of fused-ring (bicyclic) bond motifs is 14. The van der Waals surface area contributed by atoms with Gasteiger partial charge < -0.3 is 141 Å². The van der Waals surface area contributed by atoms with Crippen molar-refractivity contribution in [3.8, 4) is 63.1 Å². The van der Waals surface area contributed by atoms with Crippen molar-refractivity contribution in [3.63, 3.8) is 0 Å². The van der Waals surface area contributed by atoms with Crippen molar-refractivity contribution in [2.75, 3.05) is 27.9 Å². The molecule has 40 heteroatoms. The fraction of sp³-hybridized carbons (Fsp3) is 0.406. The number of ketones is 9. The summed E-state index contributed by atoms with van der Waals surface area (Å²) in [6, 6.07) is 22.7. The van der Waals surface area contributed by atoms with Gasteiger partial charge in [-0.15, -0.1) is 0 Å². The number of aromatic nitrogens is 2. The number of hydrogen-bond donors (Lipinski definition) is 17. The number of nitrogens with two attached hydrogens (primary N) is 3. The number of aliphatic hydroxyl groups excluding tert-OH is 4. The zero-order valence-electron chi connectivity index (χ0n) is 77.5. The van der Waals surface area contributed by atoms with E-state index in [1.54, 1.807) is 38.3 Å². The van der Waals surface area contributed by atoms with Gasteiger partial charge in [-0.3, -0.25) is 47.9 Å². The van der Waals surface area contributed by atoms with Crippen molar-refractivity contribution in [2.45, 2.75) is 233 Å². The second-order valence-corrected chi connectivity index (χ2v) is 37.2. The van der Waals surface area contributed by atoms with E-state index in [0.717, 1.165) is 22.2 Å². The van der Waals surface area contributed by atoms with Crippen LogP contribution in [0.1, 0.15) is 250 Å². The number of hydrogen-bond acceptors (Lipinski definition) is 39. The van der Waals surface area contributed by atoms with Crippen LogP contribution in [0, 0.1) is 0 Å². The molecule has 0 bridgehead atoms. The first-order valence-electron chi connectivity index (χ1n) is 45.5. The summed E-state index contributed by atoms with van der Waals surface area (Å²) in [4.78, 5) is 149. The minimum Gasteiger partial charge on any atom is -0.507 e. The number of methoxy groups -OCH3 is 3. The lowest BCUT2D eigenvalue weighted by molar-refractivity contribution is -0.247. The van der Waals surface area contributed by atoms with Crippen LogP contribution in [-0.4, -0.2) is 257 Å². The third-order valence-corrected chi connectivity index (χ3v) is 28.8. The Labute approximate surface area is 801 Å². The number of nitrogens with zero attached hydrogens (tertiary/aromatic N) is 2. The summed E-state index contributed by atoms with van der Waals surface area (Å²) in [5.41, 5.74) is 10.1. The van der Waals surface area contributed by atoms with Crippen LogP contribution in [0.15, 0.2) is 95.8 Å². The third kappa shape index (κ3) is 16.4. The Hall–Kier alpha value is -13.1. The van der Waals surface area contributed by atoms with Gasteiger partial charge in [-0.2, -0.15) is 0 Å². The van der Waals surface area contributed by atoms with Crippen LogP contribution in [-0.2, 0) is 90.4 Å². The van der Waals surface area contributed by atoms with E-state index in [9.17, 15) is 124 Å². The van der Waals surface area contributed by atoms with Gasteiger partial charge in [-0.25, -0.2) is 9.78 Å². The Kier molecular flexibility index (Phi) is 26.2. The van der Waals surface area contributed by atoms with Crippen LogP contribution in [0.25, 0.3) is 22.3 Å². The van der Waals surface area contributed by atoms with Crippen LogP contribution in [0.3, 0.4) is 0 Å². The molecule has 19 atom stereocenters. The summed E-state index contributed by atoms with van der Waals surface area (Å²) in [5.74, 6) is -10.8. The number of carbonyl (C=O) groups is 10. The molecular formula is C101H103N5O35. The molecule has 6 aliphatic carbocycles. The lowest BCUT2D eigenvalue weighted by atomic mass is 9.72. The molecule has 20 N–H and O–H groups in total. The van der Waals surface area contributed by atoms with Crippen molar-refractivity contribution in [1.29, 1.82) is 0 Å². The predicted molar refractivity (Wildman–Crippen MR) is 487 cm³/mol. The monoisotopic (exact) mass is 1950 g/mol. The number of para-hydroxylation sites is 1. The maximum Gasteiger partial charge on any atom is 0.343 e. The third-order valence-electron chi connectivity index (χ3n) is 28.8. The molecule has 0 amide bonds. The number of phenols is 6. The summed E-state index contributed by atoms with van der Waals surface area (Å²) in [7, 11) is 4.00. The SMILES string of the molecule is CC[C@@]1(O)C(=O)OCc2c1cc1n(c2=O)Cc2cc3ccccc3nc2-1.COc1cccc2c1C(=O)c1c(O)c3c(c(O)c1C2=O)C[C@@](O)(C(=O)CO)C[C@@H]3O[C@H]1C[C@H](N)[C@H](O)[C@H](C)O1.COc1cccc2c1C(=O)c1c(O)c3c(c(O)c1C2=O)C[C@@](O)(C(C)=O)C[C@@H]3O[C@H]1C[C@H](N)[C@H](O)[C@H](C)O1.COc1cccc2c1C(=O)c1c(O)c3c(c(O)c1C2=O)C[C@@](O)(C(C)=O)C[C@@H]3O[C@H]1C[C@H](N)[C@H](O)[C@H](C)O1. The van der Waals surface area contributed by atoms with Gasteiger partial charge in [-0.05, 0) is 77.4 Å². The molecule has 9 aromatic rings. The normalized spacial score (nSPS) is 28.4. The summed E-state index contributed by atoms with van der Waals surface area (Å²) in [5, 5.41) is 154. The quantitative estimate of drug-likeness (QED) is 0.0537. The van der Waals surface area contributed by atoms with E-state index < -0.39 is 273 Å². The van der Waals surface area contributed by atoms with Crippen LogP contribution >= 0.6 is 0 Å². The number of esters is 1. The predicted octanol–water partition coefficient (Wildman–Crippen LogP) is 4.14. The van der Waals surface area contributed by atoms with Crippen molar-refractivity contribution in [3.05, 3.63) is 218 Å². The molecule has 7 heterocycles. The molecular weight excluding hydrogens is 1840 g/mol. The number of carbonyl (C=O) groups excluding carboxylic acids is 10. The van der Waals surface area contributed by atoms with Crippen LogP contribution in [0.4, 0.5) is 0 Å². The van der Waals surface area contributed by atoms with Gasteiger partial charge in [0.15, 0.2) is 59.2 Å². The highest BCUT2D eigenvalue weighted by Crippen LogP contribution is 2.58. The lowest BCUT2D eigenvalue weighted by Gasteiger charge is -2.42. The minimum absolute atomic E-state index is 0.0147. The molecule has 742 valence electrons. The number of ether oxygens (including phenoxy) is 10. The fourth-order valence-corrected chi connectivity index (χ4v) is 21.0. The summed E-state index contributed by atoms with van der Waals surface area (Å²) < 4.78 is 57.8. The number of Topliss-reactive ketones (excluding diaryl/α,β-unsaturated/α-hetero) is 3. The van der Waals surface area contributed by atoms with E-state index in [1.165, 1.54) is 89.8 Å². The molecule has 40 nitrogen and oxygen atoms in total. The molecule has 3 saturated heterocycles. The average molecular weight is 1950 g/mol. The summed E-state index contributed by atoms with van der Waals surface area (Å²) in [6.07, 6.45) is -14.0. The number of cyclic esters (lactones) is 1. The van der Waals surface area contributed by atoms with Gasteiger partial charge in [0, 0.05) is 142 Å². The largest absolute Gasteiger partial charge is 0.507 e. The van der Waals surface area contributed by atoms with Crippen molar-refractivity contribution in [2.24, 2.45) is 17.2 Å². The molecule has 11 aliphatic rings. The van der Waals surface area contributed by atoms with Crippen LogP contribution in [0.2, 0.25) is 0 Å². The molecule has 0 radical (unpaired) electrons. The number of pyridine rings is 2. The van der Waals surface area contributed by atoms with E-state index in [-0.39, 0.29) is 135 Å². The zero-order valence-corrected chi connectivity index (χ0v) is 77.5. The van der Waals surface area contributed by atoms with Crippen LogP contribution in [0.5, 0.6) is 51.7 Å². The van der Waals surface area contributed by atoms with E-state index >= 15 is 0 Å². The molecule has 5 aliphatic heterocycles. The van der Waals surface area contributed by atoms with Gasteiger partial charge >= 0.3 is 5.97 Å². The molecule has 0 saturated carbocycles. The lowest BCUT2D eigenvalue weighted by Crippen LogP contribution is -2.53. The summed E-state index contributed by atoms with van der Waals surface area (Å²) >= 11 is 0. The van der Waals surface area contributed by atoms with Gasteiger partial charge in [-0.1, -0.05) is 61.5 Å². The summed E-state index contributed by atoms with van der Waals surface area (Å²) in [6.45, 7) is 8.14. The van der Waals surface area contributed by atoms with Crippen LogP contribution < -0.4 is 37.0 Å². The molecule has 141 heavy (non-hydrogen) atoms.